The molecule has 0 radical (unpaired) electrons. The number of hydrogen-bond donors (Lipinski definition) is 0. The first-order valence-electron chi connectivity index (χ1n) is 6.14. The first kappa shape index (κ1) is 12.5. The van der Waals surface area contributed by atoms with Gasteiger partial charge in [-0.25, -0.2) is 0 Å². The van der Waals surface area contributed by atoms with Crippen molar-refractivity contribution in [2.24, 2.45) is 10.2 Å². The van der Waals surface area contributed by atoms with Crippen LogP contribution in [0.25, 0.3) is 0 Å². The second-order valence-electron chi connectivity index (χ2n) is 5.30. The van der Waals surface area contributed by atoms with Crippen LogP contribution in [0, 0.1) is 0 Å². The maximum Gasteiger partial charge on any atom is 0.0894 e. The van der Waals surface area contributed by atoms with Crippen LogP contribution in [0.2, 0.25) is 0 Å². The van der Waals surface area contributed by atoms with Gasteiger partial charge in [0.05, 0.1) is 11.4 Å². The van der Waals surface area contributed by atoms with E-state index >= 15 is 0 Å². The zero-order valence-corrected chi connectivity index (χ0v) is 11.1. The summed E-state index contributed by atoms with van der Waals surface area (Å²) in [5, 5.41) is 8.64. The van der Waals surface area contributed by atoms with E-state index in [1.54, 1.807) is 0 Å². The summed E-state index contributed by atoms with van der Waals surface area (Å²) in [7, 11) is 0. The van der Waals surface area contributed by atoms with Gasteiger partial charge in [0, 0.05) is 0 Å². The average molecular weight is 238 g/mol. The molecule has 0 saturated heterocycles. The summed E-state index contributed by atoms with van der Waals surface area (Å²) in [5.41, 5.74) is 3.10. The topological polar surface area (TPSA) is 24.7 Å². The Labute approximate surface area is 108 Å². The Balaban J connectivity index is 2.33. The Morgan fingerprint density at radius 2 is 1.33 bits per heavy atom. The van der Waals surface area contributed by atoms with E-state index in [9.17, 15) is 0 Å². The van der Waals surface area contributed by atoms with Crippen molar-refractivity contribution in [2.75, 3.05) is 0 Å². The fourth-order valence-electron chi connectivity index (χ4n) is 1.80. The smallest absolute Gasteiger partial charge is 0.0894 e. The first-order chi connectivity index (χ1) is 8.57. The minimum absolute atomic E-state index is 0.0757. The normalized spacial score (nSPS) is 11.9. The molecule has 0 aliphatic heterocycles. The number of rotatable bonds is 2. The molecule has 0 aliphatic carbocycles. The van der Waals surface area contributed by atoms with Gasteiger partial charge in [-0.15, -0.1) is 0 Å². The highest BCUT2D eigenvalue weighted by Gasteiger charge is 2.17. The number of benzene rings is 2. The Kier molecular flexibility index (Phi) is 3.56. The maximum atomic E-state index is 4.37. The summed E-state index contributed by atoms with van der Waals surface area (Å²) in [6, 6.07) is 18.0. The van der Waals surface area contributed by atoms with Crippen molar-refractivity contribution in [1.29, 1.82) is 0 Å². The van der Waals surface area contributed by atoms with Gasteiger partial charge < -0.3 is 0 Å². The monoisotopic (exact) mass is 238 g/mol. The fraction of sp³-hybridized carbons (Fsp3) is 0.250. The van der Waals surface area contributed by atoms with Crippen molar-refractivity contribution in [1.82, 2.24) is 0 Å². The third kappa shape index (κ3) is 3.04. The molecule has 0 atom stereocenters. The van der Waals surface area contributed by atoms with Crippen LogP contribution in [0.4, 0.5) is 11.4 Å². The summed E-state index contributed by atoms with van der Waals surface area (Å²) in [4.78, 5) is 0. The van der Waals surface area contributed by atoms with Crippen molar-refractivity contribution in [2.45, 2.75) is 26.2 Å². The molecule has 0 N–H and O–H groups in total. The molecule has 0 heterocycles. The van der Waals surface area contributed by atoms with Crippen LogP contribution in [0.15, 0.2) is 64.8 Å². The molecule has 2 heteroatoms. The summed E-state index contributed by atoms with van der Waals surface area (Å²) in [6.07, 6.45) is 0. The van der Waals surface area contributed by atoms with E-state index in [0.29, 0.717) is 0 Å². The Bertz CT molecular complexity index is 537. The van der Waals surface area contributed by atoms with E-state index in [4.69, 9.17) is 0 Å². The molecule has 18 heavy (non-hydrogen) atoms. The van der Waals surface area contributed by atoms with Crippen LogP contribution in [-0.2, 0) is 5.41 Å². The highest BCUT2D eigenvalue weighted by molar-refractivity contribution is 5.49. The number of hydrogen-bond acceptors (Lipinski definition) is 2. The lowest BCUT2D eigenvalue weighted by Crippen LogP contribution is -2.10. The second kappa shape index (κ2) is 5.13. The SMILES string of the molecule is CC(C)(C)c1ccccc1N=Nc1ccccc1. The van der Waals surface area contributed by atoms with Crippen LogP contribution in [0.3, 0.4) is 0 Å². The molecule has 2 nitrogen and oxygen atoms in total. The molecule has 0 bridgehead atoms. The molecule has 0 aliphatic rings. The maximum absolute atomic E-state index is 4.37. The number of azo groups is 1. The van der Waals surface area contributed by atoms with Gasteiger partial charge in [-0.2, -0.15) is 10.2 Å². The van der Waals surface area contributed by atoms with Crippen molar-refractivity contribution in [3.63, 3.8) is 0 Å². The summed E-state index contributed by atoms with van der Waals surface area (Å²) >= 11 is 0. The van der Waals surface area contributed by atoms with E-state index in [1.807, 2.05) is 48.5 Å². The van der Waals surface area contributed by atoms with Crippen LogP contribution in [0.1, 0.15) is 26.3 Å². The average Bonchev–Trinajstić information content (AvgIpc) is 2.37. The zero-order chi connectivity index (χ0) is 13.0. The minimum Gasteiger partial charge on any atom is -0.151 e. The second-order valence-corrected chi connectivity index (χ2v) is 5.30. The molecule has 2 rings (SSSR count). The first-order valence-corrected chi connectivity index (χ1v) is 6.14. The van der Waals surface area contributed by atoms with Gasteiger partial charge in [-0.1, -0.05) is 57.2 Å². The van der Waals surface area contributed by atoms with E-state index in [-0.39, 0.29) is 5.41 Å². The zero-order valence-electron chi connectivity index (χ0n) is 11.1. The van der Waals surface area contributed by atoms with Crippen LogP contribution in [-0.4, -0.2) is 0 Å². The fourth-order valence-corrected chi connectivity index (χ4v) is 1.80. The predicted octanol–water partition coefficient (Wildman–Crippen LogP) is 5.40. The highest BCUT2D eigenvalue weighted by atomic mass is 15.1. The van der Waals surface area contributed by atoms with Crippen LogP contribution in [0.5, 0.6) is 0 Å². The largest absolute Gasteiger partial charge is 0.151 e. The molecule has 0 saturated carbocycles. The van der Waals surface area contributed by atoms with Crippen LogP contribution < -0.4 is 0 Å². The summed E-state index contributed by atoms with van der Waals surface area (Å²) in [6.45, 7) is 6.55. The van der Waals surface area contributed by atoms with Crippen molar-refractivity contribution in [3.8, 4) is 0 Å². The minimum atomic E-state index is 0.0757. The van der Waals surface area contributed by atoms with Gasteiger partial charge >= 0.3 is 0 Å². The van der Waals surface area contributed by atoms with Gasteiger partial charge in [-0.05, 0) is 29.2 Å². The van der Waals surface area contributed by atoms with Gasteiger partial charge in [0.15, 0.2) is 0 Å². The molecule has 0 amide bonds. The number of nitrogens with zero attached hydrogens (tertiary/aromatic N) is 2. The Morgan fingerprint density at radius 3 is 2.00 bits per heavy atom. The van der Waals surface area contributed by atoms with Gasteiger partial charge in [-0.3, -0.25) is 0 Å². The standard InChI is InChI=1S/C16H18N2/c1-16(2,3)14-11-7-8-12-15(14)18-17-13-9-5-4-6-10-13/h4-12H,1-3H3. The molecule has 0 spiro atoms. The molecular weight excluding hydrogens is 220 g/mol. The van der Waals surface area contributed by atoms with Gasteiger partial charge in [0.1, 0.15) is 0 Å². The highest BCUT2D eigenvalue weighted by Crippen LogP contribution is 2.32. The summed E-state index contributed by atoms with van der Waals surface area (Å²) in [5.74, 6) is 0. The van der Waals surface area contributed by atoms with Crippen molar-refractivity contribution >= 4 is 11.4 Å². The molecular formula is C16H18N2. The lowest BCUT2D eigenvalue weighted by atomic mass is 9.86. The third-order valence-electron chi connectivity index (χ3n) is 2.74. The van der Waals surface area contributed by atoms with E-state index in [1.165, 1.54) is 5.56 Å². The molecule has 2 aromatic rings. The van der Waals surface area contributed by atoms with Gasteiger partial charge in [0.2, 0.25) is 0 Å². The van der Waals surface area contributed by atoms with Crippen LogP contribution >= 0.6 is 0 Å². The lowest BCUT2D eigenvalue weighted by molar-refractivity contribution is 0.591. The molecule has 0 fully saturated rings. The molecule has 0 aromatic heterocycles. The van der Waals surface area contributed by atoms with Crippen molar-refractivity contribution in [3.05, 3.63) is 60.2 Å². The Morgan fingerprint density at radius 1 is 0.722 bits per heavy atom. The quantitative estimate of drug-likeness (QED) is 0.626. The molecule has 92 valence electrons. The third-order valence-corrected chi connectivity index (χ3v) is 2.74. The van der Waals surface area contributed by atoms with E-state index in [2.05, 4.69) is 37.1 Å². The predicted molar refractivity (Wildman–Crippen MR) is 75.8 cm³/mol. The van der Waals surface area contributed by atoms with Gasteiger partial charge in [0.25, 0.3) is 0 Å². The Hall–Kier alpha value is -1.96. The summed E-state index contributed by atoms with van der Waals surface area (Å²) < 4.78 is 0. The van der Waals surface area contributed by atoms with E-state index in [0.717, 1.165) is 11.4 Å². The molecule has 0 unspecified atom stereocenters. The lowest BCUT2D eigenvalue weighted by Gasteiger charge is -2.20. The molecule has 2 aromatic carbocycles. The van der Waals surface area contributed by atoms with Crippen molar-refractivity contribution < 1.29 is 0 Å². The van der Waals surface area contributed by atoms with E-state index < -0.39 is 0 Å².